The second-order valence-electron chi connectivity index (χ2n) is 15.8. The molecule has 1 aliphatic rings. The second-order valence-corrected chi connectivity index (χ2v) is 17.9. The molecule has 0 aliphatic heterocycles. The smallest absolute Gasteiger partial charge is 0.0475 e. The number of allylic oxidation sites excluding steroid dienone is 4. The lowest BCUT2D eigenvalue weighted by molar-refractivity contribution is 0.571. The van der Waals surface area contributed by atoms with Crippen molar-refractivity contribution in [2.24, 2.45) is 11.8 Å². The van der Waals surface area contributed by atoms with Crippen molar-refractivity contribution in [3.8, 4) is 0 Å². The molecule has 2 atom stereocenters. The minimum absolute atomic E-state index is 0.297. The van der Waals surface area contributed by atoms with Gasteiger partial charge < -0.3 is 9.80 Å². The van der Waals surface area contributed by atoms with E-state index in [-0.39, 0.29) is 0 Å². The molecule has 11 rings (SSSR count). The highest BCUT2D eigenvalue weighted by Crippen LogP contribution is 2.50. The lowest BCUT2D eigenvalue weighted by atomic mass is 9.77. The van der Waals surface area contributed by atoms with Crippen LogP contribution < -0.4 is 9.80 Å². The molecule has 2 aromatic heterocycles. The second kappa shape index (κ2) is 15.1. The van der Waals surface area contributed by atoms with E-state index in [1.807, 2.05) is 22.7 Å². The van der Waals surface area contributed by atoms with E-state index in [9.17, 15) is 0 Å². The Morgan fingerprint density at radius 3 is 1.22 bits per heavy atom. The molecule has 0 radical (unpaired) electrons. The van der Waals surface area contributed by atoms with Gasteiger partial charge in [0.05, 0.1) is 0 Å². The third-order valence-corrected chi connectivity index (χ3v) is 14.6. The Hall–Kier alpha value is -6.72. The first-order valence-corrected chi connectivity index (χ1v) is 22.4. The van der Waals surface area contributed by atoms with Gasteiger partial charge in [-0.3, -0.25) is 0 Å². The van der Waals surface area contributed by atoms with Crippen molar-refractivity contribution in [3.63, 3.8) is 0 Å². The van der Waals surface area contributed by atoms with Crippen LogP contribution in [-0.4, -0.2) is 0 Å². The maximum atomic E-state index is 2.53. The number of nitrogens with zero attached hydrogens (tertiary/aromatic N) is 2. The highest BCUT2D eigenvalue weighted by atomic mass is 32.1. The van der Waals surface area contributed by atoms with Crippen LogP contribution in [0.3, 0.4) is 0 Å². The van der Waals surface area contributed by atoms with Gasteiger partial charge in [0, 0.05) is 80.0 Å². The lowest BCUT2D eigenvalue weighted by Crippen LogP contribution is -2.14. The molecule has 2 nitrogen and oxygen atoms in total. The molecule has 0 N–H and O–H groups in total. The largest absolute Gasteiger partial charge is 0.310 e. The van der Waals surface area contributed by atoms with E-state index >= 15 is 0 Å². The average Bonchev–Trinajstić information content (AvgIpc) is 3.87. The standard InChI is InChI=1S/C56H42N2S2/c1-37-31-39(49-33-44(34-50-46-27-15-17-29-53(46)59-55(49)50)57(40-19-7-3-8-20-40)41-21-9-4-10-22-41)32-48(38(37)2)52-36-45(35-51-47-28-16-18-30-54(47)60-56(51)52)58(42-23-11-5-12-24-42)43-25-13-6-14-26-43/h3-38H,1-2H3. The van der Waals surface area contributed by atoms with Crippen LogP contribution in [0.4, 0.5) is 34.1 Å². The maximum Gasteiger partial charge on any atom is 0.0475 e. The zero-order valence-electron chi connectivity index (χ0n) is 33.5. The van der Waals surface area contributed by atoms with Crippen molar-refractivity contribution in [1.82, 2.24) is 0 Å². The Bertz CT molecular complexity index is 3160. The highest BCUT2D eigenvalue weighted by molar-refractivity contribution is 7.26. The minimum atomic E-state index is 0.297. The third-order valence-electron chi connectivity index (χ3n) is 12.2. The number of benzene rings is 8. The van der Waals surface area contributed by atoms with Crippen molar-refractivity contribution in [3.05, 3.63) is 217 Å². The molecule has 288 valence electrons. The van der Waals surface area contributed by atoms with E-state index in [0.717, 1.165) is 34.1 Å². The number of rotatable bonds is 8. The quantitative estimate of drug-likeness (QED) is 0.151. The summed E-state index contributed by atoms with van der Waals surface area (Å²) in [5.41, 5.74) is 12.1. The first-order chi connectivity index (χ1) is 29.6. The van der Waals surface area contributed by atoms with E-state index in [1.54, 1.807) is 0 Å². The topological polar surface area (TPSA) is 6.48 Å². The van der Waals surface area contributed by atoms with Gasteiger partial charge in [0.15, 0.2) is 0 Å². The van der Waals surface area contributed by atoms with Crippen LogP contribution in [0.25, 0.3) is 51.5 Å². The number of para-hydroxylation sites is 4. The van der Waals surface area contributed by atoms with Crippen LogP contribution in [-0.2, 0) is 0 Å². The van der Waals surface area contributed by atoms with Gasteiger partial charge in [0.25, 0.3) is 0 Å². The monoisotopic (exact) mass is 806 g/mol. The van der Waals surface area contributed by atoms with E-state index in [1.165, 1.54) is 62.6 Å². The summed E-state index contributed by atoms with van der Waals surface area (Å²) in [6.07, 6.45) is 5.06. The van der Waals surface area contributed by atoms with Gasteiger partial charge in [-0.15, -0.1) is 22.7 Å². The van der Waals surface area contributed by atoms with Crippen LogP contribution in [0.1, 0.15) is 25.0 Å². The summed E-state index contributed by atoms with van der Waals surface area (Å²) < 4.78 is 5.28. The molecule has 0 bridgehead atoms. The zero-order valence-corrected chi connectivity index (χ0v) is 35.1. The van der Waals surface area contributed by atoms with Crippen molar-refractivity contribution >= 4 is 108 Å². The molecule has 0 saturated carbocycles. The molecule has 10 aromatic rings. The fraction of sp³-hybridized carbons (Fsp3) is 0.0714. The first-order valence-electron chi connectivity index (χ1n) is 20.7. The van der Waals surface area contributed by atoms with E-state index < -0.39 is 0 Å². The fourth-order valence-corrected chi connectivity index (χ4v) is 11.5. The number of hydrogen-bond acceptors (Lipinski definition) is 4. The molecule has 0 saturated heterocycles. The average molecular weight is 807 g/mol. The molecule has 1 aliphatic carbocycles. The number of fused-ring (bicyclic) bond motifs is 6. The molecule has 2 heterocycles. The molecule has 4 heteroatoms. The number of hydrogen-bond donors (Lipinski definition) is 0. The molecule has 0 amide bonds. The predicted molar refractivity (Wildman–Crippen MR) is 262 cm³/mol. The van der Waals surface area contributed by atoms with Gasteiger partial charge in [-0.2, -0.15) is 0 Å². The van der Waals surface area contributed by atoms with Gasteiger partial charge in [-0.1, -0.05) is 135 Å². The van der Waals surface area contributed by atoms with Crippen LogP contribution >= 0.6 is 22.7 Å². The molecule has 0 fully saturated rings. The Labute approximate surface area is 359 Å². The van der Waals surface area contributed by atoms with Gasteiger partial charge in [0.2, 0.25) is 0 Å². The first kappa shape index (κ1) is 36.4. The van der Waals surface area contributed by atoms with Crippen LogP contribution in [0.15, 0.2) is 206 Å². The summed E-state index contributed by atoms with van der Waals surface area (Å²) in [5, 5.41) is 5.19. The Balaban J connectivity index is 1.16. The van der Waals surface area contributed by atoms with Crippen molar-refractivity contribution in [2.45, 2.75) is 13.8 Å². The molecule has 0 spiro atoms. The van der Waals surface area contributed by atoms with E-state index in [2.05, 4.69) is 230 Å². The third kappa shape index (κ3) is 6.31. The van der Waals surface area contributed by atoms with Crippen molar-refractivity contribution < 1.29 is 0 Å². The molecule has 8 aromatic carbocycles. The maximum absolute atomic E-state index is 2.53. The minimum Gasteiger partial charge on any atom is -0.310 e. The molecular weight excluding hydrogens is 765 g/mol. The highest BCUT2D eigenvalue weighted by Gasteiger charge is 2.28. The molecule has 60 heavy (non-hydrogen) atoms. The zero-order chi connectivity index (χ0) is 40.2. The Morgan fingerprint density at radius 2 is 0.767 bits per heavy atom. The SMILES string of the molecule is CC1C=C(c2cc(N(c3ccccc3)c3ccccc3)cc3c2sc2ccccc23)C=C(c2cc(N(c3ccccc3)c3ccccc3)cc3c2sc2ccccc23)C1C. The summed E-state index contributed by atoms with van der Waals surface area (Å²) in [4.78, 5) is 4.82. The summed E-state index contributed by atoms with van der Waals surface area (Å²) >= 11 is 3.82. The number of anilines is 6. The van der Waals surface area contributed by atoms with Gasteiger partial charge in [-0.25, -0.2) is 0 Å². The van der Waals surface area contributed by atoms with Gasteiger partial charge in [0.1, 0.15) is 0 Å². The van der Waals surface area contributed by atoms with Crippen molar-refractivity contribution in [1.29, 1.82) is 0 Å². The van der Waals surface area contributed by atoms with Crippen LogP contribution in [0.5, 0.6) is 0 Å². The normalized spacial score (nSPS) is 15.4. The van der Waals surface area contributed by atoms with Crippen LogP contribution in [0.2, 0.25) is 0 Å². The summed E-state index contributed by atoms with van der Waals surface area (Å²) in [6, 6.07) is 70.7. The van der Waals surface area contributed by atoms with Crippen LogP contribution in [0, 0.1) is 11.8 Å². The molecular formula is C56H42N2S2. The Kier molecular flexibility index (Phi) is 9.18. The van der Waals surface area contributed by atoms with Gasteiger partial charge in [-0.05, 0) is 113 Å². The predicted octanol–water partition coefficient (Wildman–Crippen LogP) is 17.1. The molecule has 2 unspecified atom stereocenters. The summed E-state index contributed by atoms with van der Waals surface area (Å²) in [5.74, 6) is 0.602. The summed E-state index contributed by atoms with van der Waals surface area (Å²) in [6.45, 7) is 4.82. The summed E-state index contributed by atoms with van der Waals surface area (Å²) in [7, 11) is 0. The fourth-order valence-electron chi connectivity index (χ4n) is 9.06. The van der Waals surface area contributed by atoms with Gasteiger partial charge >= 0.3 is 0 Å². The lowest BCUT2D eigenvalue weighted by Gasteiger charge is -2.30. The van der Waals surface area contributed by atoms with Crippen molar-refractivity contribution in [2.75, 3.05) is 9.80 Å². The van der Waals surface area contributed by atoms with E-state index in [4.69, 9.17) is 0 Å². The number of thiophene rings is 2. The van der Waals surface area contributed by atoms with E-state index in [0.29, 0.717) is 11.8 Å². The Morgan fingerprint density at radius 1 is 0.383 bits per heavy atom.